The third-order valence-electron chi connectivity index (χ3n) is 6.24. The predicted molar refractivity (Wildman–Crippen MR) is 141 cm³/mol. The summed E-state index contributed by atoms with van der Waals surface area (Å²) in [6, 6.07) is 31.0. The van der Waals surface area contributed by atoms with Gasteiger partial charge in [-0.15, -0.1) is 0 Å². The van der Waals surface area contributed by atoms with Crippen molar-refractivity contribution in [2.75, 3.05) is 12.0 Å². The van der Waals surface area contributed by atoms with Crippen molar-refractivity contribution in [3.63, 3.8) is 0 Å². The largest absolute Gasteiger partial charge is 0.489 e. The normalized spacial score (nSPS) is 14.6. The lowest BCUT2D eigenvalue weighted by atomic mass is 10.0. The van der Waals surface area contributed by atoms with Gasteiger partial charge in [0.2, 0.25) is 0 Å². The Kier molecular flexibility index (Phi) is 6.37. The molecule has 0 atom stereocenters. The minimum absolute atomic E-state index is 0.264. The summed E-state index contributed by atoms with van der Waals surface area (Å²) in [6.45, 7) is 2.24. The van der Waals surface area contributed by atoms with Crippen LogP contribution in [0.3, 0.4) is 0 Å². The smallest absolute Gasteiger partial charge is 0.340 e. The van der Waals surface area contributed by atoms with E-state index < -0.39 is 5.97 Å². The number of anilines is 1. The van der Waals surface area contributed by atoms with Gasteiger partial charge < -0.3 is 9.47 Å². The molecular weight excluding hydrogens is 450 g/mol. The number of methoxy groups -OCH3 is 1. The van der Waals surface area contributed by atoms with Crippen molar-refractivity contribution in [1.29, 1.82) is 0 Å². The number of rotatable bonds is 6. The summed E-state index contributed by atoms with van der Waals surface area (Å²) in [5.41, 5.74) is 3.68. The lowest BCUT2D eigenvalue weighted by molar-refractivity contribution is -0.136. The van der Waals surface area contributed by atoms with E-state index in [1.165, 1.54) is 7.11 Å². The van der Waals surface area contributed by atoms with Crippen LogP contribution < -0.4 is 9.64 Å². The molecule has 5 rings (SSSR count). The summed E-state index contributed by atoms with van der Waals surface area (Å²) in [6.07, 6.45) is 1.73. The van der Waals surface area contributed by atoms with Crippen molar-refractivity contribution in [3.8, 4) is 5.75 Å². The zero-order valence-corrected chi connectivity index (χ0v) is 20.1. The third kappa shape index (κ3) is 4.39. The first kappa shape index (κ1) is 23.1. The Hall–Kier alpha value is -4.64. The predicted octanol–water partition coefficient (Wildman–Crippen LogP) is 6.30. The van der Waals surface area contributed by atoms with Gasteiger partial charge in [-0.2, -0.15) is 0 Å². The van der Waals surface area contributed by atoms with Crippen LogP contribution in [-0.4, -0.2) is 19.0 Å². The summed E-state index contributed by atoms with van der Waals surface area (Å²) < 4.78 is 10.9. The number of carbonyl (C=O) groups excluding carboxylic acids is 2. The number of amides is 1. The van der Waals surface area contributed by atoms with Gasteiger partial charge in [-0.25, -0.2) is 4.79 Å². The van der Waals surface area contributed by atoms with Crippen LogP contribution in [0.25, 0.3) is 16.8 Å². The molecule has 0 radical (unpaired) electrons. The maximum absolute atomic E-state index is 13.7. The molecule has 0 spiro atoms. The highest BCUT2D eigenvalue weighted by Gasteiger charge is 2.38. The van der Waals surface area contributed by atoms with Gasteiger partial charge >= 0.3 is 5.97 Å². The van der Waals surface area contributed by atoms with E-state index in [-0.39, 0.29) is 11.5 Å². The van der Waals surface area contributed by atoms with Crippen molar-refractivity contribution in [2.45, 2.75) is 13.5 Å². The van der Waals surface area contributed by atoms with Gasteiger partial charge in [0.1, 0.15) is 12.4 Å². The molecule has 4 aromatic carbocycles. The average Bonchev–Trinajstić information content (AvgIpc) is 3.16. The molecule has 36 heavy (non-hydrogen) atoms. The molecule has 0 fully saturated rings. The zero-order valence-electron chi connectivity index (χ0n) is 20.1. The van der Waals surface area contributed by atoms with Gasteiger partial charge in [0.05, 0.1) is 23.9 Å². The molecular formula is C31H25NO4. The van der Waals surface area contributed by atoms with E-state index in [4.69, 9.17) is 9.47 Å². The zero-order chi connectivity index (χ0) is 25.1. The highest BCUT2D eigenvalue weighted by Crippen LogP contribution is 2.38. The molecule has 0 saturated carbocycles. The quantitative estimate of drug-likeness (QED) is 0.243. The van der Waals surface area contributed by atoms with Crippen LogP contribution in [0.15, 0.2) is 114 Å². The Bertz CT molecular complexity index is 1500. The molecule has 0 saturated heterocycles. The number of allylic oxidation sites excluding steroid dienone is 1. The van der Waals surface area contributed by atoms with Gasteiger partial charge in [-0.3, -0.25) is 9.69 Å². The number of hydrogen-bond donors (Lipinski definition) is 0. The fraction of sp³-hybridized carbons (Fsp3) is 0.0968. The Balaban J connectivity index is 1.47. The molecule has 178 valence electrons. The van der Waals surface area contributed by atoms with Gasteiger partial charge in [0.15, 0.2) is 0 Å². The Morgan fingerprint density at radius 3 is 2.31 bits per heavy atom. The first-order chi connectivity index (χ1) is 17.6. The average molecular weight is 476 g/mol. The van der Waals surface area contributed by atoms with E-state index in [9.17, 15) is 9.59 Å². The van der Waals surface area contributed by atoms with Crippen LogP contribution >= 0.6 is 0 Å². The maximum atomic E-state index is 13.7. The summed E-state index contributed by atoms with van der Waals surface area (Å²) in [7, 11) is 1.32. The molecule has 0 unspecified atom stereocenters. The van der Waals surface area contributed by atoms with Gasteiger partial charge in [-0.1, -0.05) is 78.9 Å². The lowest BCUT2D eigenvalue weighted by Crippen LogP contribution is -2.24. The van der Waals surface area contributed by atoms with E-state index >= 15 is 0 Å². The fourth-order valence-corrected chi connectivity index (χ4v) is 4.44. The standard InChI is InChI=1S/C31H25NO4/c1-21-29(31(34)35-2)27(30(33)32(21)28-14-8-12-24-11-6-7-13-26(24)28)19-22-15-17-25(18-16-22)36-20-23-9-4-3-5-10-23/h3-19H,20H2,1-2H3. The van der Waals surface area contributed by atoms with Crippen LogP contribution in [0.1, 0.15) is 18.1 Å². The minimum Gasteiger partial charge on any atom is -0.489 e. The van der Waals surface area contributed by atoms with Gasteiger partial charge in [0.25, 0.3) is 5.91 Å². The van der Waals surface area contributed by atoms with Crippen LogP contribution in [0.2, 0.25) is 0 Å². The number of carbonyl (C=O) groups is 2. The Morgan fingerprint density at radius 2 is 1.56 bits per heavy atom. The van der Waals surface area contributed by atoms with E-state index in [0.29, 0.717) is 17.9 Å². The van der Waals surface area contributed by atoms with Crippen molar-refractivity contribution in [3.05, 3.63) is 125 Å². The van der Waals surface area contributed by atoms with Gasteiger partial charge in [0, 0.05) is 11.1 Å². The van der Waals surface area contributed by atoms with E-state index in [0.717, 1.165) is 33.3 Å². The van der Waals surface area contributed by atoms with E-state index in [1.807, 2.05) is 97.1 Å². The molecule has 0 N–H and O–H groups in total. The van der Waals surface area contributed by atoms with E-state index in [1.54, 1.807) is 17.9 Å². The molecule has 1 heterocycles. The monoisotopic (exact) mass is 475 g/mol. The number of nitrogens with zero attached hydrogens (tertiary/aromatic N) is 1. The fourth-order valence-electron chi connectivity index (χ4n) is 4.44. The molecule has 1 aliphatic rings. The topological polar surface area (TPSA) is 55.8 Å². The number of esters is 1. The van der Waals surface area contributed by atoms with Crippen LogP contribution in [0.5, 0.6) is 5.75 Å². The molecule has 5 nitrogen and oxygen atoms in total. The molecule has 0 bridgehead atoms. The number of fused-ring (bicyclic) bond motifs is 1. The van der Waals surface area contributed by atoms with Crippen molar-refractivity contribution < 1.29 is 19.1 Å². The lowest BCUT2D eigenvalue weighted by Gasteiger charge is -2.20. The molecule has 0 aliphatic carbocycles. The van der Waals surface area contributed by atoms with Crippen molar-refractivity contribution >= 4 is 34.4 Å². The summed E-state index contributed by atoms with van der Waals surface area (Å²) in [5, 5.41) is 1.94. The summed E-state index contributed by atoms with van der Waals surface area (Å²) in [4.78, 5) is 28.1. The van der Waals surface area contributed by atoms with Crippen molar-refractivity contribution in [2.24, 2.45) is 0 Å². The molecule has 1 aliphatic heterocycles. The molecule has 4 aromatic rings. The minimum atomic E-state index is -0.544. The van der Waals surface area contributed by atoms with Crippen LogP contribution in [0.4, 0.5) is 5.69 Å². The number of benzene rings is 4. The highest BCUT2D eigenvalue weighted by atomic mass is 16.5. The molecule has 5 heteroatoms. The number of hydrogen-bond acceptors (Lipinski definition) is 4. The first-order valence-corrected chi connectivity index (χ1v) is 11.7. The SMILES string of the molecule is COC(=O)C1=C(C)N(c2cccc3ccccc23)C(=O)C1=Cc1ccc(OCc2ccccc2)cc1. The highest BCUT2D eigenvalue weighted by molar-refractivity contribution is 6.25. The second kappa shape index (κ2) is 9.92. The second-order valence-corrected chi connectivity index (χ2v) is 8.49. The summed E-state index contributed by atoms with van der Waals surface area (Å²) in [5.74, 6) is -0.0950. The molecule has 0 aromatic heterocycles. The number of ether oxygens (including phenoxy) is 2. The van der Waals surface area contributed by atoms with Crippen molar-refractivity contribution in [1.82, 2.24) is 0 Å². The Labute approximate surface area is 209 Å². The Morgan fingerprint density at radius 1 is 0.861 bits per heavy atom. The first-order valence-electron chi connectivity index (χ1n) is 11.7. The van der Waals surface area contributed by atoms with Gasteiger partial charge in [-0.05, 0) is 47.7 Å². The maximum Gasteiger partial charge on any atom is 0.340 e. The molecule has 1 amide bonds. The van der Waals surface area contributed by atoms with Crippen LogP contribution in [0, 0.1) is 0 Å². The third-order valence-corrected chi connectivity index (χ3v) is 6.24. The summed E-state index contributed by atoms with van der Waals surface area (Å²) >= 11 is 0. The second-order valence-electron chi connectivity index (χ2n) is 8.49. The van der Waals surface area contributed by atoms with E-state index in [2.05, 4.69) is 0 Å². The van der Waals surface area contributed by atoms with Crippen LogP contribution in [-0.2, 0) is 20.9 Å².